The number of thioether (sulfide) groups is 1. The molecule has 19 heavy (non-hydrogen) atoms. The molecular weight excluding hydrogens is 280 g/mol. The maximum absolute atomic E-state index is 12.5. The molecule has 1 aromatic carbocycles. The first kappa shape index (κ1) is 14.2. The lowest BCUT2D eigenvalue weighted by Gasteiger charge is -2.06. The highest BCUT2D eigenvalue weighted by Gasteiger charge is 2.18. The van der Waals surface area contributed by atoms with E-state index < -0.39 is 0 Å². The second kappa shape index (κ2) is 6.26. The van der Waals surface area contributed by atoms with Gasteiger partial charge in [-0.05, 0) is 36.9 Å². The van der Waals surface area contributed by atoms with Gasteiger partial charge in [-0.15, -0.1) is 11.8 Å². The lowest BCUT2D eigenvalue weighted by molar-refractivity contribution is 0.102. The van der Waals surface area contributed by atoms with E-state index in [1.807, 2.05) is 37.4 Å². The Hall–Kier alpha value is -1.26. The van der Waals surface area contributed by atoms with Gasteiger partial charge in [0.15, 0.2) is 0 Å². The van der Waals surface area contributed by atoms with Gasteiger partial charge < -0.3 is 0 Å². The first-order chi connectivity index (χ1) is 9.17. The van der Waals surface area contributed by atoms with Crippen molar-refractivity contribution in [1.29, 1.82) is 0 Å². The van der Waals surface area contributed by atoms with Gasteiger partial charge in [0.05, 0.1) is 11.2 Å². The molecule has 2 aromatic rings. The molecule has 0 saturated heterocycles. The number of benzene rings is 1. The quantitative estimate of drug-likeness (QED) is 0.620. The molecule has 2 rings (SSSR count). The minimum Gasteiger partial charge on any atom is -0.287 e. The molecular formula is C14H15ClN2OS. The maximum atomic E-state index is 12.5. The van der Waals surface area contributed by atoms with Crippen LogP contribution in [0.3, 0.4) is 0 Å². The summed E-state index contributed by atoms with van der Waals surface area (Å²) >= 11 is 7.72. The molecule has 100 valence electrons. The lowest BCUT2D eigenvalue weighted by Crippen LogP contribution is -2.12. The van der Waals surface area contributed by atoms with Crippen LogP contribution in [0.5, 0.6) is 0 Å². The summed E-state index contributed by atoms with van der Waals surface area (Å²) in [4.78, 5) is 13.6. The summed E-state index contributed by atoms with van der Waals surface area (Å²) in [5.74, 6) is -0.0800. The zero-order valence-corrected chi connectivity index (χ0v) is 12.5. The van der Waals surface area contributed by atoms with Crippen molar-refractivity contribution in [3.05, 3.63) is 46.7 Å². The molecule has 0 saturated carbocycles. The van der Waals surface area contributed by atoms with E-state index in [0.717, 1.165) is 11.3 Å². The monoisotopic (exact) mass is 294 g/mol. The largest absolute Gasteiger partial charge is 0.287 e. The highest BCUT2D eigenvalue weighted by atomic mass is 35.5. The van der Waals surface area contributed by atoms with Crippen molar-refractivity contribution in [2.45, 2.75) is 24.8 Å². The molecule has 3 nitrogen and oxygen atoms in total. The molecule has 0 fully saturated rings. The summed E-state index contributed by atoms with van der Waals surface area (Å²) in [6, 6.07) is 7.53. The second-order valence-corrected chi connectivity index (χ2v) is 5.41. The molecule has 0 aliphatic rings. The smallest absolute Gasteiger partial charge is 0.212 e. The molecule has 0 amide bonds. The van der Waals surface area contributed by atoms with Crippen LogP contribution >= 0.6 is 23.4 Å². The number of carbonyl (C=O) groups is 1. The Morgan fingerprint density at radius 2 is 2.05 bits per heavy atom. The molecule has 5 heteroatoms. The fourth-order valence-corrected chi connectivity index (χ4v) is 2.48. The Morgan fingerprint density at radius 1 is 1.37 bits per heavy atom. The van der Waals surface area contributed by atoms with Crippen LogP contribution < -0.4 is 0 Å². The minimum absolute atomic E-state index is 0.0800. The highest BCUT2D eigenvalue weighted by molar-refractivity contribution is 7.98. The zero-order valence-electron chi connectivity index (χ0n) is 10.9. The lowest BCUT2D eigenvalue weighted by atomic mass is 10.1. The van der Waals surface area contributed by atoms with E-state index in [4.69, 9.17) is 11.6 Å². The molecule has 1 aromatic heterocycles. The van der Waals surface area contributed by atoms with Crippen molar-refractivity contribution >= 4 is 29.1 Å². The summed E-state index contributed by atoms with van der Waals surface area (Å²) in [6.07, 6.45) is 4.44. The standard InChI is InChI=1S/C14H15ClN2OS/c1-3-8-17-13(12(15)9-16-17)14(18)10-4-6-11(19-2)7-5-10/h4-7,9H,3,8H2,1-2H3. The molecule has 0 atom stereocenters. The van der Waals surface area contributed by atoms with Crippen molar-refractivity contribution in [1.82, 2.24) is 9.78 Å². The van der Waals surface area contributed by atoms with Gasteiger partial charge in [0, 0.05) is 17.0 Å². The number of nitrogens with zero attached hydrogens (tertiary/aromatic N) is 2. The van der Waals surface area contributed by atoms with Crippen LogP contribution in [0.1, 0.15) is 29.4 Å². The molecule has 0 aliphatic carbocycles. The average Bonchev–Trinajstić information content (AvgIpc) is 2.80. The van der Waals surface area contributed by atoms with Gasteiger partial charge in [0.2, 0.25) is 5.78 Å². The van der Waals surface area contributed by atoms with Gasteiger partial charge in [-0.2, -0.15) is 5.10 Å². The van der Waals surface area contributed by atoms with E-state index in [1.54, 1.807) is 16.4 Å². The molecule has 0 bridgehead atoms. The fraction of sp³-hybridized carbons (Fsp3) is 0.286. The summed E-state index contributed by atoms with van der Waals surface area (Å²) in [5, 5.41) is 4.56. The molecule has 0 radical (unpaired) electrons. The topological polar surface area (TPSA) is 34.9 Å². The van der Waals surface area contributed by atoms with Gasteiger partial charge in [0.1, 0.15) is 5.69 Å². The highest BCUT2D eigenvalue weighted by Crippen LogP contribution is 2.21. The maximum Gasteiger partial charge on any atom is 0.212 e. The third kappa shape index (κ3) is 3.01. The van der Waals surface area contributed by atoms with Gasteiger partial charge in [-0.3, -0.25) is 9.48 Å². The second-order valence-electron chi connectivity index (χ2n) is 4.12. The van der Waals surface area contributed by atoms with Crippen LogP contribution in [0, 0.1) is 0 Å². The normalized spacial score (nSPS) is 10.7. The molecule has 0 aliphatic heterocycles. The Labute approximate surface area is 122 Å². The number of carbonyl (C=O) groups excluding carboxylic acids is 1. The first-order valence-corrected chi connectivity index (χ1v) is 7.67. The number of ketones is 1. The van der Waals surface area contributed by atoms with Crippen LogP contribution in [0.25, 0.3) is 0 Å². The first-order valence-electron chi connectivity index (χ1n) is 6.07. The van der Waals surface area contributed by atoms with Crippen LogP contribution in [0.2, 0.25) is 5.02 Å². The number of hydrogen-bond acceptors (Lipinski definition) is 3. The minimum atomic E-state index is -0.0800. The van der Waals surface area contributed by atoms with Crippen LogP contribution in [-0.4, -0.2) is 21.8 Å². The van der Waals surface area contributed by atoms with E-state index in [9.17, 15) is 4.79 Å². The number of hydrogen-bond donors (Lipinski definition) is 0. The number of aromatic nitrogens is 2. The Bertz CT molecular complexity index is 578. The number of aryl methyl sites for hydroxylation is 1. The number of rotatable bonds is 5. The van der Waals surface area contributed by atoms with E-state index in [2.05, 4.69) is 5.10 Å². The number of halogens is 1. The zero-order chi connectivity index (χ0) is 13.8. The predicted molar refractivity (Wildman–Crippen MR) is 79.2 cm³/mol. The summed E-state index contributed by atoms with van der Waals surface area (Å²) in [7, 11) is 0. The van der Waals surface area contributed by atoms with Gasteiger partial charge in [0.25, 0.3) is 0 Å². The van der Waals surface area contributed by atoms with E-state index in [-0.39, 0.29) is 5.78 Å². The third-order valence-corrected chi connectivity index (χ3v) is 3.82. The van der Waals surface area contributed by atoms with Gasteiger partial charge in [-0.1, -0.05) is 18.5 Å². The third-order valence-electron chi connectivity index (χ3n) is 2.80. The van der Waals surface area contributed by atoms with E-state index >= 15 is 0 Å². The van der Waals surface area contributed by atoms with Gasteiger partial charge in [-0.25, -0.2) is 0 Å². The summed E-state index contributed by atoms with van der Waals surface area (Å²) < 4.78 is 1.67. The SMILES string of the molecule is CCCn1ncc(Cl)c1C(=O)c1ccc(SC)cc1. The van der Waals surface area contributed by atoms with E-state index in [1.165, 1.54) is 6.20 Å². The Kier molecular flexibility index (Phi) is 4.66. The van der Waals surface area contributed by atoms with Crippen molar-refractivity contribution < 1.29 is 4.79 Å². The molecule has 0 unspecified atom stereocenters. The van der Waals surface area contributed by atoms with Crippen LogP contribution in [-0.2, 0) is 6.54 Å². The predicted octanol–water partition coefficient (Wildman–Crippen LogP) is 3.90. The van der Waals surface area contributed by atoms with Crippen LogP contribution in [0.4, 0.5) is 0 Å². The molecule has 0 spiro atoms. The van der Waals surface area contributed by atoms with Crippen LogP contribution in [0.15, 0.2) is 35.4 Å². The van der Waals surface area contributed by atoms with Crippen molar-refractivity contribution in [3.8, 4) is 0 Å². The molecule has 0 N–H and O–H groups in total. The average molecular weight is 295 g/mol. The Balaban J connectivity index is 2.34. The Morgan fingerprint density at radius 3 is 2.63 bits per heavy atom. The van der Waals surface area contributed by atoms with Crippen molar-refractivity contribution in [3.63, 3.8) is 0 Å². The van der Waals surface area contributed by atoms with E-state index in [0.29, 0.717) is 22.8 Å². The van der Waals surface area contributed by atoms with Crippen molar-refractivity contribution in [2.24, 2.45) is 0 Å². The molecule has 1 heterocycles. The fourth-order valence-electron chi connectivity index (χ4n) is 1.85. The van der Waals surface area contributed by atoms with Crippen molar-refractivity contribution in [2.75, 3.05) is 6.26 Å². The van der Waals surface area contributed by atoms with Gasteiger partial charge >= 0.3 is 0 Å². The summed E-state index contributed by atoms with van der Waals surface area (Å²) in [6.45, 7) is 2.73. The summed E-state index contributed by atoms with van der Waals surface area (Å²) in [5.41, 5.74) is 1.11.